The maximum atomic E-state index is 2.23. The van der Waals surface area contributed by atoms with E-state index in [1.807, 2.05) is 0 Å². The summed E-state index contributed by atoms with van der Waals surface area (Å²) in [6.07, 6.45) is 0. The summed E-state index contributed by atoms with van der Waals surface area (Å²) in [5.74, 6) is 0. The van der Waals surface area contributed by atoms with E-state index in [9.17, 15) is 0 Å². The highest BCUT2D eigenvalue weighted by molar-refractivity contribution is 5.36. The van der Waals surface area contributed by atoms with Gasteiger partial charge in [-0.2, -0.15) is 0 Å². The smallest absolute Gasteiger partial charge is 0.0132 e. The van der Waals surface area contributed by atoms with Crippen LogP contribution in [0.3, 0.4) is 0 Å². The van der Waals surface area contributed by atoms with Crippen molar-refractivity contribution in [3.63, 3.8) is 0 Å². The second-order valence-corrected chi connectivity index (χ2v) is 9.80. The van der Waals surface area contributed by atoms with Crippen molar-refractivity contribution in [3.8, 4) is 0 Å². The van der Waals surface area contributed by atoms with Crippen LogP contribution >= 0.6 is 0 Å². The molecule has 0 saturated heterocycles. The van der Waals surface area contributed by atoms with E-state index in [1.165, 1.54) is 50.1 Å². The summed E-state index contributed by atoms with van der Waals surface area (Å²) < 4.78 is 0. The fourth-order valence-electron chi connectivity index (χ4n) is 3.51. The van der Waals surface area contributed by atoms with Crippen LogP contribution in [0.4, 0.5) is 0 Å². The maximum Gasteiger partial charge on any atom is -0.0132 e. The quantitative estimate of drug-likeness (QED) is 0.352. The predicted octanol–water partition coefficient (Wildman–Crippen LogP) is 8.82. The largest absolute Gasteiger partial charge is 0.0590 e. The highest BCUT2D eigenvalue weighted by atomic mass is 14.2. The van der Waals surface area contributed by atoms with Crippen LogP contribution in [0.2, 0.25) is 0 Å². The Kier molecular flexibility index (Phi) is 9.56. The first-order chi connectivity index (χ1) is 13.8. The van der Waals surface area contributed by atoms with Gasteiger partial charge in [-0.15, -0.1) is 0 Å². The number of hydrogen-bond acceptors (Lipinski definition) is 0. The first-order valence-corrected chi connectivity index (χ1v) is 11.0. The lowest BCUT2D eigenvalue weighted by molar-refractivity contribution is 0.590. The third-order valence-electron chi connectivity index (χ3n) is 5.35. The van der Waals surface area contributed by atoms with Gasteiger partial charge in [-0.25, -0.2) is 0 Å². The molecule has 3 aromatic rings. The van der Waals surface area contributed by atoms with Crippen molar-refractivity contribution in [1.82, 2.24) is 0 Å². The molecule has 0 aliphatic heterocycles. The molecule has 0 spiro atoms. The van der Waals surface area contributed by atoms with Crippen LogP contribution in [-0.2, 0) is 5.41 Å². The highest BCUT2D eigenvalue weighted by Gasteiger charge is 2.11. The lowest BCUT2D eigenvalue weighted by Gasteiger charge is -2.18. The molecule has 30 heavy (non-hydrogen) atoms. The molecule has 0 N–H and O–H groups in total. The van der Waals surface area contributed by atoms with Gasteiger partial charge in [0.2, 0.25) is 0 Å². The van der Waals surface area contributed by atoms with Gasteiger partial charge in [0.1, 0.15) is 0 Å². The van der Waals surface area contributed by atoms with Crippen LogP contribution in [0.15, 0.2) is 54.6 Å². The first kappa shape index (κ1) is 25.7. The molecule has 0 aromatic heterocycles. The molecule has 0 aliphatic rings. The molecule has 0 fully saturated rings. The van der Waals surface area contributed by atoms with Crippen molar-refractivity contribution >= 4 is 0 Å². The SMILES string of the molecule is Cc1cc(C)c(C)c(C)c1.Cc1cc(C)cc(C)c1.Cc1ccc(C(C)(C)C)cc1. The Balaban J connectivity index is 0.000000226. The summed E-state index contributed by atoms with van der Waals surface area (Å²) >= 11 is 0. The molecule has 3 aromatic carbocycles. The summed E-state index contributed by atoms with van der Waals surface area (Å²) in [4.78, 5) is 0. The average Bonchev–Trinajstić information content (AvgIpc) is 2.59. The maximum absolute atomic E-state index is 2.23. The minimum Gasteiger partial charge on any atom is -0.0590 e. The van der Waals surface area contributed by atoms with Crippen molar-refractivity contribution in [2.45, 2.75) is 81.6 Å². The average molecular weight is 403 g/mol. The molecule has 0 amide bonds. The monoisotopic (exact) mass is 402 g/mol. The Labute approximate surface area is 186 Å². The summed E-state index contributed by atoms with van der Waals surface area (Å²) in [6.45, 7) is 23.8. The van der Waals surface area contributed by atoms with Crippen molar-refractivity contribution in [1.29, 1.82) is 0 Å². The van der Waals surface area contributed by atoms with Gasteiger partial charge in [-0.3, -0.25) is 0 Å². The van der Waals surface area contributed by atoms with Gasteiger partial charge in [-0.05, 0) is 83.1 Å². The van der Waals surface area contributed by atoms with E-state index < -0.39 is 0 Å². The molecule has 162 valence electrons. The Morgan fingerprint density at radius 1 is 0.433 bits per heavy atom. The fraction of sp³-hybridized carbons (Fsp3) is 0.400. The molecule has 0 aliphatic carbocycles. The van der Waals surface area contributed by atoms with E-state index in [1.54, 1.807) is 0 Å². The Hall–Kier alpha value is -2.34. The van der Waals surface area contributed by atoms with E-state index in [2.05, 4.69) is 131 Å². The molecule has 0 radical (unpaired) electrons. The molecule has 0 nitrogen and oxygen atoms in total. The second-order valence-electron chi connectivity index (χ2n) is 9.80. The number of rotatable bonds is 0. The Bertz CT molecular complexity index is 861. The summed E-state index contributed by atoms with van der Waals surface area (Å²) in [7, 11) is 0. The van der Waals surface area contributed by atoms with Crippen LogP contribution in [0.25, 0.3) is 0 Å². The van der Waals surface area contributed by atoms with E-state index >= 15 is 0 Å². The Morgan fingerprint density at radius 2 is 0.767 bits per heavy atom. The van der Waals surface area contributed by atoms with Crippen LogP contribution in [0.1, 0.15) is 70.8 Å². The van der Waals surface area contributed by atoms with E-state index in [-0.39, 0.29) is 5.41 Å². The molecule has 3 rings (SSSR count). The van der Waals surface area contributed by atoms with Crippen LogP contribution in [0, 0.1) is 55.4 Å². The van der Waals surface area contributed by atoms with Crippen LogP contribution < -0.4 is 0 Å². The standard InChI is InChI=1S/C11H16.C10H14.C9H12/c1-9-5-7-10(8-6-9)11(2,3)4;1-7-5-8(2)10(4)9(3)6-7;1-7-4-8(2)6-9(3)5-7/h5-8H,1-4H3;5-6H,1-4H3;4-6H,1-3H3. The topological polar surface area (TPSA) is 0 Å². The van der Waals surface area contributed by atoms with Gasteiger partial charge in [0.15, 0.2) is 0 Å². The van der Waals surface area contributed by atoms with Gasteiger partial charge in [-0.1, -0.05) is 103 Å². The van der Waals surface area contributed by atoms with Gasteiger partial charge in [0.05, 0.1) is 0 Å². The lowest BCUT2D eigenvalue weighted by atomic mass is 9.87. The third kappa shape index (κ3) is 8.99. The summed E-state index contributed by atoms with van der Waals surface area (Å²) in [6, 6.07) is 19.8. The molecule has 0 bridgehead atoms. The summed E-state index contributed by atoms with van der Waals surface area (Å²) in [5.41, 5.74) is 12.7. The van der Waals surface area contributed by atoms with Gasteiger partial charge < -0.3 is 0 Å². The molecular weight excluding hydrogens is 360 g/mol. The zero-order valence-electron chi connectivity index (χ0n) is 21.2. The van der Waals surface area contributed by atoms with Crippen molar-refractivity contribution < 1.29 is 0 Å². The van der Waals surface area contributed by atoms with Crippen LogP contribution in [0.5, 0.6) is 0 Å². The van der Waals surface area contributed by atoms with Gasteiger partial charge in [0.25, 0.3) is 0 Å². The molecular formula is C30H42. The highest BCUT2D eigenvalue weighted by Crippen LogP contribution is 2.21. The number of hydrogen-bond donors (Lipinski definition) is 0. The molecule has 0 heterocycles. The number of aryl methyl sites for hydroxylation is 7. The van der Waals surface area contributed by atoms with Crippen molar-refractivity contribution in [3.05, 3.63) is 105 Å². The van der Waals surface area contributed by atoms with E-state index in [0.717, 1.165) is 0 Å². The molecule has 0 heteroatoms. The normalized spacial score (nSPS) is 10.5. The van der Waals surface area contributed by atoms with Crippen LogP contribution in [-0.4, -0.2) is 0 Å². The second kappa shape index (κ2) is 11.2. The minimum atomic E-state index is 0.285. The number of benzene rings is 3. The van der Waals surface area contributed by atoms with E-state index in [0.29, 0.717) is 0 Å². The van der Waals surface area contributed by atoms with Gasteiger partial charge >= 0.3 is 0 Å². The Morgan fingerprint density at radius 3 is 1.10 bits per heavy atom. The predicted molar refractivity (Wildman–Crippen MR) is 136 cm³/mol. The van der Waals surface area contributed by atoms with Crippen molar-refractivity contribution in [2.24, 2.45) is 0 Å². The van der Waals surface area contributed by atoms with Crippen molar-refractivity contribution in [2.75, 3.05) is 0 Å². The third-order valence-corrected chi connectivity index (χ3v) is 5.35. The lowest BCUT2D eigenvalue weighted by Crippen LogP contribution is -2.10. The first-order valence-electron chi connectivity index (χ1n) is 11.0. The minimum absolute atomic E-state index is 0.285. The fourth-order valence-corrected chi connectivity index (χ4v) is 3.51. The molecule has 0 unspecified atom stereocenters. The van der Waals surface area contributed by atoms with E-state index in [4.69, 9.17) is 0 Å². The summed E-state index contributed by atoms with van der Waals surface area (Å²) in [5, 5.41) is 0. The van der Waals surface area contributed by atoms with Gasteiger partial charge in [0, 0.05) is 0 Å². The molecule has 0 saturated carbocycles. The molecule has 0 atom stereocenters. The zero-order valence-corrected chi connectivity index (χ0v) is 21.2. The zero-order chi connectivity index (χ0) is 23.1.